The van der Waals surface area contributed by atoms with Crippen molar-refractivity contribution in [3.05, 3.63) is 57.8 Å². The molecule has 3 rings (SSSR count). The van der Waals surface area contributed by atoms with Gasteiger partial charge in [-0.2, -0.15) is 0 Å². The molecule has 1 fully saturated rings. The SMILES string of the molecule is Cc1cccc(CC(=O)NCC2(c3cccs3)CCCC2)c1. The fourth-order valence-corrected chi connectivity index (χ4v) is 4.47. The number of carbonyl (C=O) groups excluding carboxylic acids is 1. The average Bonchev–Trinajstić information content (AvgIpc) is 3.17. The van der Waals surface area contributed by atoms with Gasteiger partial charge in [-0.05, 0) is 36.8 Å². The van der Waals surface area contributed by atoms with E-state index in [0.717, 1.165) is 12.1 Å². The van der Waals surface area contributed by atoms with Crippen LogP contribution in [0.2, 0.25) is 0 Å². The van der Waals surface area contributed by atoms with Crippen molar-refractivity contribution >= 4 is 17.2 Å². The summed E-state index contributed by atoms with van der Waals surface area (Å²) >= 11 is 1.83. The normalized spacial score (nSPS) is 16.6. The fraction of sp³-hybridized carbons (Fsp3) is 0.421. The lowest BCUT2D eigenvalue weighted by atomic mass is 9.84. The van der Waals surface area contributed by atoms with Gasteiger partial charge in [-0.3, -0.25) is 4.79 Å². The molecular weight excluding hydrogens is 290 g/mol. The molecule has 1 N–H and O–H groups in total. The second-order valence-corrected chi connectivity index (χ2v) is 7.35. The van der Waals surface area contributed by atoms with Crippen LogP contribution in [0.3, 0.4) is 0 Å². The van der Waals surface area contributed by atoms with E-state index >= 15 is 0 Å². The van der Waals surface area contributed by atoms with Gasteiger partial charge in [0.1, 0.15) is 0 Å². The first kappa shape index (κ1) is 15.3. The Morgan fingerprint density at radius 2 is 2.05 bits per heavy atom. The summed E-state index contributed by atoms with van der Waals surface area (Å²) in [6, 6.07) is 12.5. The number of benzene rings is 1. The molecule has 116 valence electrons. The molecule has 1 amide bonds. The van der Waals surface area contributed by atoms with E-state index in [1.165, 1.54) is 36.1 Å². The molecule has 0 saturated heterocycles. The van der Waals surface area contributed by atoms with E-state index < -0.39 is 0 Å². The van der Waals surface area contributed by atoms with Crippen LogP contribution in [-0.2, 0) is 16.6 Å². The second kappa shape index (κ2) is 6.66. The number of aryl methyl sites for hydroxylation is 1. The van der Waals surface area contributed by atoms with E-state index in [0.29, 0.717) is 6.42 Å². The molecule has 2 aromatic rings. The summed E-state index contributed by atoms with van der Waals surface area (Å²) in [5.41, 5.74) is 2.47. The summed E-state index contributed by atoms with van der Waals surface area (Å²) in [7, 11) is 0. The van der Waals surface area contributed by atoms with E-state index in [9.17, 15) is 4.79 Å². The molecule has 22 heavy (non-hydrogen) atoms. The van der Waals surface area contributed by atoms with Gasteiger partial charge in [0.05, 0.1) is 6.42 Å². The minimum absolute atomic E-state index is 0.133. The topological polar surface area (TPSA) is 29.1 Å². The van der Waals surface area contributed by atoms with Gasteiger partial charge in [0.2, 0.25) is 5.91 Å². The third-order valence-corrected chi connectivity index (χ3v) is 5.79. The molecule has 1 saturated carbocycles. The molecule has 1 aromatic heterocycles. The molecule has 0 aliphatic heterocycles. The summed E-state index contributed by atoms with van der Waals surface area (Å²) in [5.74, 6) is 0.133. The van der Waals surface area contributed by atoms with E-state index in [1.807, 2.05) is 23.5 Å². The largest absolute Gasteiger partial charge is 0.355 e. The van der Waals surface area contributed by atoms with Crippen LogP contribution in [0.15, 0.2) is 41.8 Å². The maximum Gasteiger partial charge on any atom is 0.224 e. The quantitative estimate of drug-likeness (QED) is 0.879. The van der Waals surface area contributed by atoms with Crippen LogP contribution in [0.25, 0.3) is 0 Å². The van der Waals surface area contributed by atoms with Crippen LogP contribution in [-0.4, -0.2) is 12.5 Å². The molecule has 1 aromatic carbocycles. The zero-order chi connectivity index (χ0) is 15.4. The van der Waals surface area contributed by atoms with Crippen LogP contribution < -0.4 is 5.32 Å². The summed E-state index contributed by atoms with van der Waals surface area (Å²) in [5, 5.41) is 5.33. The standard InChI is InChI=1S/C19H23NOS/c1-15-6-4-7-16(12-15)13-18(21)20-14-19(9-2-3-10-19)17-8-5-11-22-17/h4-8,11-12H,2-3,9-10,13-14H2,1H3,(H,20,21). The van der Waals surface area contributed by atoms with E-state index in [1.54, 1.807) is 0 Å². The lowest BCUT2D eigenvalue weighted by Gasteiger charge is -2.28. The van der Waals surface area contributed by atoms with Gasteiger partial charge in [-0.1, -0.05) is 48.7 Å². The predicted octanol–water partition coefficient (Wildman–Crippen LogP) is 4.23. The molecule has 2 nitrogen and oxygen atoms in total. The smallest absolute Gasteiger partial charge is 0.224 e. The Labute approximate surface area is 136 Å². The Kier molecular flexibility index (Phi) is 4.63. The van der Waals surface area contributed by atoms with Crippen molar-refractivity contribution in [3.8, 4) is 0 Å². The Morgan fingerprint density at radius 3 is 2.73 bits per heavy atom. The lowest BCUT2D eigenvalue weighted by molar-refractivity contribution is -0.120. The highest BCUT2D eigenvalue weighted by Crippen LogP contribution is 2.42. The van der Waals surface area contributed by atoms with E-state index in [4.69, 9.17) is 0 Å². The maximum atomic E-state index is 12.3. The van der Waals surface area contributed by atoms with E-state index in [-0.39, 0.29) is 11.3 Å². The molecular formula is C19H23NOS. The number of hydrogen-bond donors (Lipinski definition) is 1. The first-order chi connectivity index (χ1) is 10.7. The molecule has 0 spiro atoms. The zero-order valence-electron chi connectivity index (χ0n) is 13.1. The van der Waals surface area contributed by atoms with Crippen LogP contribution in [0.5, 0.6) is 0 Å². The highest BCUT2D eigenvalue weighted by Gasteiger charge is 2.36. The molecule has 1 aliphatic rings. The maximum absolute atomic E-state index is 12.3. The second-order valence-electron chi connectivity index (χ2n) is 6.41. The molecule has 0 atom stereocenters. The number of thiophene rings is 1. The van der Waals surface area contributed by atoms with Crippen molar-refractivity contribution in [2.75, 3.05) is 6.54 Å². The predicted molar refractivity (Wildman–Crippen MR) is 92.4 cm³/mol. The first-order valence-electron chi connectivity index (χ1n) is 8.04. The van der Waals surface area contributed by atoms with Gasteiger partial charge in [-0.15, -0.1) is 11.3 Å². The van der Waals surface area contributed by atoms with Gasteiger partial charge in [-0.25, -0.2) is 0 Å². The Balaban J connectivity index is 1.62. The van der Waals surface area contributed by atoms with Gasteiger partial charge in [0, 0.05) is 16.8 Å². The van der Waals surface area contributed by atoms with Crippen molar-refractivity contribution in [1.82, 2.24) is 5.32 Å². The molecule has 3 heteroatoms. The number of carbonyl (C=O) groups is 1. The van der Waals surface area contributed by atoms with Crippen LogP contribution >= 0.6 is 11.3 Å². The monoisotopic (exact) mass is 313 g/mol. The van der Waals surface area contributed by atoms with Crippen molar-refractivity contribution in [2.24, 2.45) is 0 Å². The van der Waals surface area contributed by atoms with Crippen LogP contribution in [0.1, 0.15) is 41.7 Å². The summed E-state index contributed by atoms with van der Waals surface area (Å²) < 4.78 is 0. The first-order valence-corrected chi connectivity index (χ1v) is 8.92. The average molecular weight is 313 g/mol. The summed E-state index contributed by atoms with van der Waals surface area (Å²) in [6.45, 7) is 2.84. The minimum Gasteiger partial charge on any atom is -0.355 e. The molecule has 0 bridgehead atoms. The number of hydrogen-bond acceptors (Lipinski definition) is 2. The van der Waals surface area contributed by atoms with Crippen LogP contribution in [0, 0.1) is 6.92 Å². The molecule has 0 unspecified atom stereocenters. The fourth-order valence-electron chi connectivity index (χ4n) is 3.48. The molecule has 0 radical (unpaired) electrons. The van der Waals surface area contributed by atoms with Crippen LogP contribution in [0.4, 0.5) is 0 Å². The Hall–Kier alpha value is -1.61. The van der Waals surface area contributed by atoms with Crippen molar-refractivity contribution in [1.29, 1.82) is 0 Å². The Morgan fingerprint density at radius 1 is 1.23 bits per heavy atom. The summed E-state index contributed by atoms with van der Waals surface area (Å²) in [4.78, 5) is 13.7. The molecule has 1 aliphatic carbocycles. The highest BCUT2D eigenvalue weighted by molar-refractivity contribution is 7.10. The van der Waals surface area contributed by atoms with Gasteiger partial charge < -0.3 is 5.32 Å². The minimum atomic E-state index is 0.133. The lowest BCUT2D eigenvalue weighted by Crippen LogP contribution is -2.39. The number of nitrogens with one attached hydrogen (secondary N) is 1. The third-order valence-electron chi connectivity index (χ3n) is 4.68. The molecule has 1 heterocycles. The third kappa shape index (κ3) is 3.41. The number of rotatable bonds is 5. The van der Waals surface area contributed by atoms with Crippen molar-refractivity contribution in [3.63, 3.8) is 0 Å². The van der Waals surface area contributed by atoms with Gasteiger partial charge >= 0.3 is 0 Å². The van der Waals surface area contributed by atoms with E-state index in [2.05, 4.69) is 41.9 Å². The highest BCUT2D eigenvalue weighted by atomic mass is 32.1. The number of amides is 1. The van der Waals surface area contributed by atoms with Gasteiger partial charge in [0.25, 0.3) is 0 Å². The Bertz CT molecular complexity index is 627. The van der Waals surface area contributed by atoms with Crippen molar-refractivity contribution < 1.29 is 4.79 Å². The zero-order valence-corrected chi connectivity index (χ0v) is 13.9. The van der Waals surface area contributed by atoms with Gasteiger partial charge in [0.15, 0.2) is 0 Å². The van der Waals surface area contributed by atoms with Crippen molar-refractivity contribution in [2.45, 2.75) is 44.4 Å². The summed E-state index contributed by atoms with van der Waals surface area (Å²) in [6.07, 6.45) is 5.40.